The van der Waals surface area contributed by atoms with Crippen LogP contribution in [-0.2, 0) is 19.1 Å². The molecule has 0 aliphatic heterocycles. The lowest BCUT2D eigenvalue weighted by Gasteiger charge is -1.90. The highest BCUT2D eigenvalue weighted by Gasteiger charge is 1.85. The summed E-state index contributed by atoms with van der Waals surface area (Å²) in [5.41, 5.74) is 0. The van der Waals surface area contributed by atoms with Crippen LogP contribution in [0.25, 0.3) is 0 Å². The number of carbonyl (C=O) groups excluding carboxylic acids is 4. The first-order chi connectivity index (χ1) is 11.4. The number of isocyanates is 2. The van der Waals surface area contributed by atoms with Crippen molar-refractivity contribution in [3.05, 3.63) is 0 Å². The van der Waals surface area contributed by atoms with Gasteiger partial charge in [-0.2, -0.15) is 0 Å². The number of hydrogen-bond acceptors (Lipinski definition) is 10. The van der Waals surface area contributed by atoms with Gasteiger partial charge < -0.3 is 30.3 Å². The molecule has 0 rings (SSSR count). The number of methoxy groups -OCH3 is 2. The van der Waals surface area contributed by atoms with Crippen molar-refractivity contribution in [3.8, 4) is 0 Å². The molecule has 0 aliphatic carbocycles. The molecule has 0 aromatic rings. The van der Waals surface area contributed by atoms with Gasteiger partial charge in [-0.25, -0.2) is 29.2 Å². The van der Waals surface area contributed by atoms with E-state index in [2.05, 4.69) is 30.1 Å². The van der Waals surface area contributed by atoms with Crippen LogP contribution in [0.5, 0.6) is 0 Å². The molecule has 0 atom stereocenters. The lowest BCUT2D eigenvalue weighted by atomic mass is 11.1. The number of rotatable bonds is 0. The number of nitrogens with one attached hydrogen (secondary N) is 2. The molecule has 4 N–H and O–H groups in total. The zero-order chi connectivity index (χ0) is 20.8. The minimum absolute atomic E-state index is 0. The van der Waals surface area contributed by atoms with Crippen molar-refractivity contribution in [1.29, 1.82) is 0 Å². The molecule has 12 nitrogen and oxygen atoms in total. The fourth-order valence-corrected chi connectivity index (χ4v) is 0.204. The molecule has 0 fully saturated rings. The number of carbonyl (C=O) groups is 2. The molecule has 2 amide bonds. The van der Waals surface area contributed by atoms with Gasteiger partial charge in [-0.1, -0.05) is 14.9 Å². The lowest BCUT2D eigenvalue weighted by molar-refractivity contribution is 0.172. The zero-order valence-corrected chi connectivity index (χ0v) is 15.2. The Bertz CT molecular complexity index is 285. The van der Waals surface area contributed by atoms with Gasteiger partial charge in [0.25, 0.3) is 0 Å². The average molecular weight is 388 g/mol. The number of alkyl carbamates (subject to hydrolysis) is 2. The number of hydrogen-bond donors (Lipinski definition) is 4. The van der Waals surface area contributed by atoms with Crippen molar-refractivity contribution in [2.75, 3.05) is 56.6 Å². The molecule has 0 aliphatic rings. The molecule has 0 unspecified atom stereocenters. The van der Waals surface area contributed by atoms with Crippen molar-refractivity contribution >= 4 is 24.3 Å². The van der Waals surface area contributed by atoms with Crippen LogP contribution in [-0.4, -0.2) is 91.2 Å². The minimum atomic E-state index is -0.407. The Labute approximate surface area is 156 Å². The van der Waals surface area contributed by atoms with E-state index < -0.39 is 12.2 Å². The van der Waals surface area contributed by atoms with Gasteiger partial charge in [-0.05, 0) is 0 Å². The number of aliphatic hydroxyl groups is 2. The van der Waals surface area contributed by atoms with E-state index in [1.165, 1.54) is 54.6 Å². The number of aliphatic imine (C=N–C) groups is 2. The highest BCUT2D eigenvalue weighted by molar-refractivity contribution is 5.66. The Morgan fingerprint density at radius 3 is 0.923 bits per heavy atom. The van der Waals surface area contributed by atoms with Gasteiger partial charge in [-0.15, -0.1) is 0 Å². The number of amides is 2. The van der Waals surface area contributed by atoms with E-state index in [0.29, 0.717) is 0 Å². The molecule has 0 heterocycles. The van der Waals surface area contributed by atoms with Crippen LogP contribution in [0.3, 0.4) is 0 Å². The van der Waals surface area contributed by atoms with Crippen LogP contribution < -0.4 is 10.6 Å². The maximum Gasteiger partial charge on any atom is 0.406 e. The van der Waals surface area contributed by atoms with Gasteiger partial charge in [0, 0.05) is 42.4 Å². The second kappa shape index (κ2) is 79.5. The summed E-state index contributed by atoms with van der Waals surface area (Å²) >= 11 is 0. The molecule has 0 bridgehead atoms. The first-order valence-electron chi connectivity index (χ1n) is 5.78. The lowest BCUT2D eigenvalue weighted by Crippen LogP contribution is -2.16. The van der Waals surface area contributed by atoms with Crippen LogP contribution in [0.4, 0.5) is 9.59 Å². The molecule has 0 saturated heterocycles. The van der Waals surface area contributed by atoms with E-state index in [4.69, 9.17) is 19.8 Å². The van der Waals surface area contributed by atoms with E-state index in [0.717, 1.165) is 14.2 Å². The van der Waals surface area contributed by atoms with Gasteiger partial charge in [0.05, 0.1) is 14.2 Å². The van der Waals surface area contributed by atoms with Crippen LogP contribution in [0, 0.1) is 0 Å². The number of ether oxygens (including phenoxy) is 2. The van der Waals surface area contributed by atoms with Gasteiger partial charge in [0.15, 0.2) is 0 Å². The summed E-state index contributed by atoms with van der Waals surface area (Å²) < 4.78 is 8.30. The molecule has 0 saturated carbocycles. The Kier molecular flexibility index (Phi) is 151. The Morgan fingerprint density at radius 1 is 0.769 bits per heavy atom. The summed E-state index contributed by atoms with van der Waals surface area (Å²) in [6.07, 6.45) is 1.80. The summed E-state index contributed by atoms with van der Waals surface area (Å²) in [5, 5.41) is 18.5. The Balaban J connectivity index is -0.0000000257. The monoisotopic (exact) mass is 388 g/mol. The second-order valence-corrected chi connectivity index (χ2v) is 2.11. The van der Waals surface area contributed by atoms with E-state index >= 15 is 0 Å². The van der Waals surface area contributed by atoms with Crippen molar-refractivity contribution in [1.82, 2.24) is 10.6 Å². The fraction of sp³-hybridized carbons (Fsp3) is 0.714. The average Bonchev–Trinajstić information content (AvgIpc) is 2.70. The minimum Gasteiger partial charge on any atom is -0.453 e. The molecule has 0 spiro atoms. The Morgan fingerprint density at radius 2 is 0.923 bits per heavy atom. The van der Waals surface area contributed by atoms with Crippen molar-refractivity contribution in [3.63, 3.8) is 0 Å². The third-order valence-corrected chi connectivity index (χ3v) is 0.962. The number of nitrogens with zero attached hydrogens (tertiary/aromatic N) is 2. The summed E-state index contributed by atoms with van der Waals surface area (Å²) in [7, 11) is 10.4. The smallest absolute Gasteiger partial charge is 0.406 e. The standard InChI is InChI=1S/2C3H7NO2.2C2H3NO.2CH4O.2CH4/c2*1-4-3(5)6-2;2*1-3-2-4;2*1-2;;/h2*1-2H3,(H,4,5);2*1H3;2*2H,1H3;2*1H4. The topological polar surface area (TPSA) is 176 Å². The molecule has 0 aromatic heterocycles. The van der Waals surface area contributed by atoms with E-state index in [-0.39, 0.29) is 14.9 Å². The molecule has 0 aromatic carbocycles. The van der Waals surface area contributed by atoms with E-state index in [9.17, 15) is 9.59 Å². The summed E-state index contributed by atoms with van der Waals surface area (Å²) in [5.74, 6) is 0. The normalized spacial score (nSPS) is 5.00. The maximum absolute atomic E-state index is 9.85. The third-order valence-electron chi connectivity index (χ3n) is 0.962. The van der Waals surface area contributed by atoms with Gasteiger partial charge in [0.1, 0.15) is 0 Å². The van der Waals surface area contributed by atoms with Crippen LogP contribution in [0.1, 0.15) is 14.9 Å². The first kappa shape index (κ1) is 49.5. The van der Waals surface area contributed by atoms with Gasteiger partial charge >= 0.3 is 12.2 Å². The van der Waals surface area contributed by atoms with Gasteiger partial charge in [-0.3, -0.25) is 0 Å². The van der Waals surface area contributed by atoms with Crippen molar-refractivity contribution < 1.29 is 38.9 Å². The van der Waals surface area contributed by atoms with Gasteiger partial charge in [0.2, 0.25) is 12.2 Å². The zero-order valence-electron chi connectivity index (χ0n) is 15.2. The predicted octanol–water partition coefficient (Wildman–Crippen LogP) is 0.338. The predicted molar refractivity (Wildman–Crippen MR) is 101 cm³/mol. The number of aliphatic hydroxyl groups excluding tert-OH is 2. The highest BCUT2D eigenvalue weighted by atomic mass is 16.5. The Hall–Kier alpha value is -2.78. The highest BCUT2D eigenvalue weighted by Crippen LogP contribution is 1.62. The summed E-state index contributed by atoms with van der Waals surface area (Å²) in [4.78, 5) is 43.3. The molecule has 26 heavy (non-hydrogen) atoms. The van der Waals surface area contributed by atoms with E-state index in [1.54, 1.807) is 0 Å². The van der Waals surface area contributed by atoms with Crippen molar-refractivity contribution in [2.24, 2.45) is 9.98 Å². The summed E-state index contributed by atoms with van der Waals surface area (Å²) in [6.45, 7) is 0. The molecular weight excluding hydrogens is 352 g/mol. The largest absolute Gasteiger partial charge is 0.453 e. The van der Waals surface area contributed by atoms with Crippen LogP contribution >= 0.6 is 0 Å². The quantitative estimate of drug-likeness (QED) is 0.339. The molecule has 0 radical (unpaired) electrons. The van der Waals surface area contributed by atoms with E-state index in [1.807, 2.05) is 0 Å². The molecular formula is C14H36N4O8. The molecule has 160 valence electrons. The second-order valence-electron chi connectivity index (χ2n) is 2.11. The third kappa shape index (κ3) is 166. The first-order valence-corrected chi connectivity index (χ1v) is 5.78. The van der Waals surface area contributed by atoms with Crippen LogP contribution in [0.15, 0.2) is 9.98 Å². The van der Waals surface area contributed by atoms with Crippen LogP contribution in [0.2, 0.25) is 0 Å². The molecule has 12 heteroatoms. The summed E-state index contributed by atoms with van der Waals surface area (Å²) in [6, 6.07) is 0. The van der Waals surface area contributed by atoms with Crippen molar-refractivity contribution in [2.45, 2.75) is 14.9 Å². The fourth-order valence-electron chi connectivity index (χ4n) is 0.204. The maximum atomic E-state index is 9.85. The SMILES string of the molecule is C.C.CN=C=O.CN=C=O.CNC(=O)OC.CNC(=O)OC.CO.CO.